The van der Waals surface area contributed by atoms with Crippen LogP contribution in [0.15, 0.2) is 72.1 Å². The third-order valence-corrected chi connectivity index (χ3v) is 6.66. The Balaban J connectivity index is 1.50. The Morgan fingerprint density at radius 1 is 1.04 bits per heavy atom. The maximum atomic E-state index is 12.9. The Hall–Kier alpha value is -2.24. The summed E-state index contributed by atoms with van der Waals surface area (Å²) in [6.07, 6.45) is 0.474. The maximum Gasteiger partial charge on any atom is 0.229 e. The number of rotatable bonds is 6. The zero-order valence-electron chi connectivity index (χ0n) is 14.9. The Bertz CT molecular complexity index is 880. The molecular formula is C22H21NO2S2. The van der Waals surface area contributed by atoms with Crippen molar-refractivity contribution in [3.8, 4) is 5.75 Å². The van der Waals surface area contributed by atoms with Gasteiger partial charge >= 0.3 is 0 Å². The van der Waals surface area contributed by atoms with Crippen molar-refractivity contribution in [3.05, 3.63) is 88.1 Å². The van der Waals surface area contributed by atoms with Crippen molar-refractivity contribution in [2.45, 2.75) is 18.4 Å². The molecule has 1 aliphatic heterocycles. The standard InChI is InChI=1S/C22H21NO2S2/c24-21(15-18-9-6-13-26-18)23-12-14-27-22(23)19-10-4-5-11-20(19)25-16-17-7-2-1-3-8-17/h1-11,13,22H,12,14-16H2/t22-/m1/s1. The fourth-order valence-corrected chi connectivity index (χ4v) is 5.20. The maximum absolute atomic E-state index is 12.9. The summed E-state index contributed by atoms with van der Waals surface area (Å²) in [6, 6.07) is 22.3. The number of thiophene rings is 1. The molecule has 5 heteroatoms. The average Bonchev–Trinajstić information content (AvgIpc) is 3.39. The largest absolute Gasteiger partial charge is 0.489 e. The van der Waals surface area contributed by atoms with E-state index < -0.39 is 0 Å². The van der Waals surface area contributed by atoms with Gasteiger partial charge in [0, 0.05) is 22.7 Å². The summed E-state index contributed by atoms with van der Waals surface area (Å²) in [6.45, 7) is 1.31. The first kappa shape index (κ1) is 18.1. The highest BCUT2D eigenvalue weighted by molar-refractivity contribution is 7.99. The van der Waals surface area contributed by atoms with Gasteiger partial charge in [0.05, 0.1) is 6.42 Å². The molecule has 1 amide bonds. The summed E-state index contributed by atoms with van der Waals surface area (Å²) in [5, 5.41) is 2.04. The summed E-state index contributed by atoms with van der Waals surface area (Å²) in [5.74, 6) is 1.99. The third kappa shape index (κ3) is 4.37. The first-order chi connectivity index (χ1) is 13.3. The molecule has 1 atom stereocenters. The lowest BCUT2D eigenvalue weighted by Gasteiger charge is -2.25. The summed E-state index contributed by atoms with van der Waals surface area (Å²) in [5.41, 5.74) is 2.22. The van der Waals surface area contributed by atoms with Gasteiger partial charge in [0.15, 0.2) is 0 Å². The minimum Gasteiger partial charge on any atom is -0.489 e. The van der Waals surface area contributed by atoms with E-state index in [1.165, 1.54) is 0 Å². The molecule has 1 saturated heterocycles. The Kier molecular flexibility index (Phi) is 5.80. The van der Waals surface area contributed by atoms with Crippen LogP contribution in [0.4, 0.5) is 0 Å². The van der Waals surface area contributed by atoms with E-state index >= 15 is 0 Å². The highest BCUT2D eigenvalue weighted by Crippen LogP contribution is 2.42. The number of hydrogen-bond acceptors (Lipinski definition) is 4. The van der Waals surface area contributed by atoms with E-state index in [1.807, 2.05) is 70.6 Å². The molecule has 0 aliphatic carbocycles. The van der Waals surface area contributed by atoms with Crippen molar-refractivity contribution in [3.63, 3.8) is 0 Å². The molecule has 0 radical (unpaired) electrons. The molecule has 0 saturated carbocycles. The number of para-hydroxylation sites is 1. The van der Waals surface area contributed by atoms with Crippen LogP contribution in [0.3, 0.4) is 0 Å². The number of carbonyl (C=O) groups excluding carboxylic acids is 1. The van der Waals surface area contributed by atoms with Crippen molar-refractivity contribution < 1.29 is 9.53 Å². The lowest BCUT2D eigenvalue weighted by Crippen LogP contribution is -2.31. The van der Waals surface area contributed by atoms with Crippen LogP contribution >= 0.6 is 23.1 Å². The number of thioether (sulfide) groups is 1. The number of carbonyl (C=O) groups is 1. The lowest BCUT2D eigenvalue weighted by atomic mass is 10.1. The zero-order valence-corrected chi connectivity index (χ0v) is 16.5. The average molecular weight is 396 g/mol. The van der Waals surface area contributed by atoms with Crippen LogP contribution in [-0.4, -0.2) is 23.1 Å². The molecule has 138 valence electrons. The zero-order chi connectivity index (χ0) is 18.5. The Morgan fingerprint density at radius 2 is 1.85 bits per heavy atom. The minimum atomic E-state index is 0.0180. The van der Waals surface area contributed by atoms with Gasteiger partial charge in [-0.25, -0.2) is 0 Å². The number of amides is 1. The van der Waals surface area contributed by atoms with Gasteiger partial charge in [-0.15, -0.1) is 23.1 Å². The van der Waals surface area contributed by atoms with E-state index in [1.54, 1.807) is 11.3 Å². The normalized spacial score (nSPS) is 16.4. The number of benzene rings is 2. The van der Waals surface area contributed by atoms with Crippen LogP contribution in [0, 0.1) is 0 Å². The van der Waals surface area contributed by atoms with Gasteiger partial charge in [-0.1, -0.05) is 54.6 Å². The lowest BCUT2D eigenvalue weighted by molar-refractivity contribution is -0.130. The quantitative estimate of drug-likeness (QED) is 0.578. The van der Waals surface area contributed by atoms with E-state index in [0.29, 0.717) is 13.0 Å². The highest BCUT2D eigenvalue weighted by Gasteiger charge is 2.32. The molecule has 0 spiro atoms. The number of ether oxygens (including phenoxy) is 1. The SMILES string of the molecule is O=C(Cc1cccs1)N1CCS[C@@H]1c1ccccc1OCc1ccccc1. The molecule has 1 fully saturated rings. The van der Waals surface area contributed by atoms with Gasteiger partial charge in [0.2, 0.25) is 5.91 Å². The summed E-state index contributed by atoms with van der Waals surface area (Å²) >= 11 is 3.45. The molecule has 0 bridgehead atoms. The van der Waals surface area contributed by atoms with Gasteiger partial charge in [-0.3, -0.25) is 4.79 Å². The molecular weight excluding hydrogens is 374 g/mol. The first-order valence-electron chi connectivity index (χ1n) is 9.00. The van der Waals surface area contributed by atoms with E-state index in [4.69, 9.17) is 4.74 Å². The van der Waals surface area contributed by atoms with Crippen LogP contribution in [0.1, 0.15) is 21.4 Å². The predicted octanol–water partition coefficient (Wildman–Crippen LogP) is 5.14. The summed E-state index contributed by atoms with van der Waals surface area (Å²) < 4.78 is 6.12. The molecule has 2 aromatic carbocycles. The van der Waals surface area contributed by atoms with E-state index in [9.17, 15) is 4.79 Å². The molecule has 3 aromatic rings. The minimum absolute atomic E-state index is 0.0180. The van der Waals surface area contributed by atoms with Gasteiger partial charge < -0.3 is 9.64 Å². The van der Waals surface area contributed by atoms with Gasteiger partial charge in [0.1, 0.15) is 17.7 Å². The Labute approximate surface area is 168 Å². The van der Waals surface area contributed by atoms with Crippen LogP contribution in [0.5, 0.6) is 5.75 Å². The second-order valence-corrected chi connectivity index (χ2v) is 8.60. The molecule has 27 heavy (non-hydrogen) atoms. The number of hydrogen-bond donors (Lipinski definition) is 0. The Morgan fingerprint density at radius 3 is 2.67 bits per heavy atom. The first-order valence-corrected chi connectivity index (χ1v) is 10.9. The van der Waals surface area contributed by atoms with Crippen molar-refractivity contribution in [1.29, 1.82) is 0 Å². The fraction of sp³-hybridized carbons (Fsp3) is 0.227. The van der Waals surface area contributed by atoms with Crippen LogP contribution in [-0.2, 0) is 17.8 Å². The molecule has 4 rings (SSSR count). The summed E-state index contributed by atoms with van der Waals surface area (Å²) in [4.78, 5) is 16.0. The van der Waals surface area contributed by atoms with E-state index in [-0.39, 0.29) is 11.3 Å². The van der Waals surface area contributed by atoms with Crippen LogP contribution < -0.4 is 4.74 Å². The second-order valence-electron chi connectivity index (χ2n) is 6.38. The third-order valence-electron chi connectivity index (χ3n) is 4.54. The van der Waals surface area contributed by atoms with E-state index in [0.717, 1.165) is 34.1 Å². The van der Waals surface area contributed by atoms with Crippen molar-refractivity contribution in [2.24, 2.45) is 0 Å². The number of nitrogens with zero attached hydrogens (tertiary/aromatic N) is 1. The van der Waals surface area contributed by atoms with Crippen molar-refractivity contribution in [2.75, 3.05) is 12.3 Å². The molecule has 3 nitrogen and oxygen atoms in total. The van der Waals surface area contributed by atoms with Gasteiger partial charge in [-0.05, 0) is 23.1 Å². The van der Waals surface area contributed by atoms with Crippen LogP contribution in [0.2, 0.25) is 0 Å². The molecule has 2 heterocycles. The molecule has 0 N–H and O–H groups in total. The predicted molar refractivity (Wildman–Crippen MR) is 112 cm³/mol. The van der Waals surface area contributed by atoms with Crippen LogP contribution in [0.25, 0.3) is 0 Å². The van der Waals surface area contributed by atoms with E-state index in [2.05, 4.69) is 18.2 Å². The fourth-order valence-electron chi connectivity index (χ4n) is 3.20. The molecule has 1 aliphatic rings. The van der Waals surface area contributed by atoms with Gasteiger partial charge in [-0.2, -0.15) is 0 Å². The topological polar surface area (TPSA) is 29.5 Å². The van der Waals surface area contributed by atoms with Crippen molar-refractivity contribution >= 4 is 29.0 Å². The van der Waals surface area contributed by atoms with Gasteiger partial charge in [0.25, 0.3) is 0 Å². The van der Waals surface area contributed by atoms with Crippen molar-refractivity contribution in [1.82, 2.24) is 4.90 Å². The summed E-state index contributed by atoms with van der Waals surface area (Å²) in [7, 11) is 0. The smallest absolute Gasteiger partial charge is 0.229 e. The second kappa shape index (κ2) is 8.63. The monoisotopic (exact) mass is 395 g/mol. The molecule has 1 aromatic heterocycles. The molecule has 0 unspecified atom stereocenters. The highest BCUT2D eigenvalue weighted by atomic mass is 32.2.